The molecule has 6 nitrogen and oxygen atoms in total. The molecule has 2 aromatic rings. The van der Waals surface area contributed by atoms with Crippen LogP contribution in [0.15, 0.2) is 12.1 Å². The van der Waals surface area contributed by atoms with Crippen LogP contribution in [0.3, 0.4) is 0 Å². The molecule has 25 heavy (non-hydrogen) atoms. The van der Waals surface area contributed by atoms with Gasteiger partial charge < -0.3 is 14.4 Å². The molecule has 0 radical (unpaired) electrons. The number of carbonyl (C=O) groups excluding carboxylic acids is 3. The summed E-state index contributed by atoms with van der Waals surface area (Å²) < 4.78 is 9.72. The molecule has 0 fully saturated rings. The van der Waals surface area contributed by atoms with Gasteiger partial charge in [-0.05, 0) is 12.1 Å². The predicted octanol–water partition coefficient (Wildman–Crippen LogP) is 3.65. The SMILES string of the molecule is COC(=O)CN(CC(=O)OC)C(=O)c1sc2cc(Cl)cc(Cl)c2c1Cl. The largest absolute Gasteiger partial charge is 0.468 e. The number of methoxy groups -OCH3 is 2. The van der Waals surface area contributed by atoms with E-state index in [4.69, 9.17) is 34.8 Å². The summed E-state index contributed by atoms with van der Waals surface area (Å²) >= 11 is 19.5. The fraction of sp³-hybridized carbons (Fsp3) is 0.267. The molecule has 1 aromatic heterocycles. The third-order valence-corrected chi connectivity index (χ3v) is 5.36. The van der Waals surface area contributed by atoms with Crippen LogP contribution >= 0.6 is 46.1 Å². The van der Waals surface area contributed by atoms with Gasteiger partial charge in [0.1, 0.15) is 18.0 Å². The maximum absolute atomic E-state index is 12.8. The maximum Gasteiger partial charge on any atom is 0.325 e. The zero-order chi connectivity index (χ0) is 18.7. The molecular weight excluding hydrogens is 413 g/mol. The van der Waals surface area contributed by atoms with Gasteiger partial charge in [0.2, 0.25) is 0 Å². The van der Waals surface area contributed by atoms with Gasteiger partial charge in [-0.1, -0.05) is 34.8 Å². The number of thiophene rings is 1. The molecule has 0 aliphatic rings. The molecule has 0 saturated carbocycles. The minimum Gasteiger partial charge on any atom is -0.468 e. The van der Waals surface area contributed by atoms with Crippen LogP contribution in [0.4, 0.5) is 0 Å². The molecule has 2 rings (SSSR count). The number of benzene rings is 1. The molecule has 0 bridgehead atoms. The van der Waals surface area contributed by atoms with E-state index in [-0.39, 0.29) is 9.90 Å². The number of hydrogen-bond donors (Lipinski definition) is 0. The first-order valence-corrected chi connectivity index (χ1v) is 8.73. The normalized spacial score (nSPS) is 10.6. The van der Waals surface area contributed by atoms with Crippen molar-refractivity contribution in [3.8, 4) is 0 Å². The highest BCUT2D eigenvalue weighted by atomic mass is 35.5. The minimum absolute atomic E-state index is 0.131. The Labute approximate surface area is 162 Å². The first-order chi connectivity index (χ1) is 11.8. The van der Waals surface area contributed by atoms with Crippen LogP contribution in [0.2, 0.25) is 15.1 Å². The van der Waals surface area contributed by atoms with E-state index in [9.17, 15) is 14.4 Å². The number of ether oxygens (including phenoxy) is 2. The fourth-order valence-electron chi connectivity index (χ4n) is 2.03. The summed E-state index contributed by atoms with van der Waals surface area (Å²) in [6, 6.07) is 3.14. The highest BCUT2D eigenvalue weighted by Gasteiger charge is 2.27. The molecular formula is C15H12Cl3NO5S. The number of carbonyl (C=O) groups is 3. The number of rotatable bonds is 5. The summed E-state index contributed by atoms with van der Waals surface area (Å²) in [6.07, 6.45) is 0. The summed E-state index contributed by atoms with van der Waals surface area (Å²) in [6.45, 7) is -0.854. The van der Waals surface area contributed by atoms with Gasteiger partial charge in [0.15, 0.2) is 0 Å². The van der Waals surface area contributed by atoms with Gasteiger partial charge in [0, 0.05) is 15.1 Å². The van der Waals surface area contributed by atoms with Gasteiger partial charge in [-0.25, -0.2) is 0 Å². The number of nitrogens with zero attached hydrogens (tertiary/aromatic N) is 1. The van der Waals surface area contributed by atoms with E-state index in [0.29, 0.717) is 20.1 Å². The molecule has 0 aliphatic carbocycles. The van der Waals surface area contributed by atoms with Crippen molar-refractivity contribution in [2.75, 3.05) is 27.3 Å². The number of hydrogen-bond acceptors (Lipinski definition) is 6. The summed E-state index contributed by atoms with van der Waals surface area (Å²) in [7, 11) is 2.36. The zero-order valence-corrected chi connectivity index (χ0v) is 16.2. The van der Waals surface area contributed by atoms with Crippen molar-refractivity contribution in [2.24, 2.45) is 0 Å². The van der Waals surface area contributed by atoms with E-state index in [1.165, 1.54) is 20.3 Å². The second kappa shape index (κ2) is 8.23. The Bertz CT molecular complexity index is 833. The zero-order valence-electron chi connectivity index (χ0n) is 13.1. The summed E-state index contributed by atoms with van der Waals surface area (Å²) in [5.74, 6) is -1.99. The quantitative estimate of drug-likeness (QED) is 0.685. The number of halogens is 3. The summed E-state index contributed by atoms with van der Waals surface area (Å²) in [5.41, 5.74) is 0. The van der Waals surface area contributed by atoms with E-state index in [1.54, 1.807) is 6.07 Å². The lowest BCUT2D eigenvalue weighted by atomic mass is 10.2. The van der Waals surface area contributed by atoms with Gasteiger partial charge in [-0.3, -0.25) is 14.4 Å². The minimum atomic E-state index is -0.685. The molecule has 0 aliphatic heterocycles. The molecule has 1 amide bonds. The van der Waals surface area contributed by atoms with E-state index < -0.39 is 30.9 Å². The van der Waals surface area contributed by atoms with Crippen molar-refractivity contribution in [3.05, 3.63) is 32.1 Å². The van der Waals surface area contributed by atoms with E-state index in [2.05, 4.69) is 9.47 Å². The highest BCUT2D eigenvalue weighted by molar-refractivity contribution is 7.21. The molecule has 134 valence electrons. The van der Waals surface area contributed by atoms with Crippen LogP contribution in [-0.2, 0) is 19.1 Å². The Hall–Kier alpha value is -1.54. The average molecular weight is 425 g/mol. The number of amides is 1. The molecule has 0 spiro atoms. The van der Waals surface area contributed by atoms with Crippen LogP contribution in [0, 0.1) is 0 Å². The van der Waals surface area contributed by atoms with Crippen molar-refractivity contribution in [1.29, 1.82) is 0 Å². The molecule has 1 aromatic carbocycles. The molecule has 1 heterocycles. The van der Waals surface area contributed by atoms with Crippen LogP contribution < -0.4 is 0 Å². The third kappa shape index (κ3) is 4.36. The molecule has 0 unspecified atom stereocenters. The van der Waals surface area contributed by atoms with Gasteiger partial charge in [-0.2, -0.15) is 0 Å². The average Bonchev–Trinajstić information content (AvgIpc) is 2.89. The Morgan fingerprint density at radius 2 is 1.60 bits per heavy atom. The Kier molecular flexibility index (Phi) is 6.51. The van der Waals surface area contributed by atoms with Crippen LogP contribution in [-0.4, -0.2) is 50.1 Å². The lowest BCUT2D eigenvalue weighted by Crippen LogP contribution is -2.40. The predicted molar refractivity (Wildman–Crippen MR) is 96.8 cm³/mol. The van der Waals surface area contributed by atoms with Crippen molar-refractivity contribution < 1.29 is 23.9 Å². The monoisotopic (exact) mass is 423 g/mol. The van der Waals surface area contributed by atoms with Crippen molar-refractivity contribution >= 4 is 74.1 Å². The third-order valence-electron chi connectivity index (χ3n) is 3.23. The Morgan fingerprint density at radius 1 is 1.04 bits per heavy atom. The Morgan fingerprint density at radius 3 is 2.12 bits per heavy atom. The van der Waals surface area contributed by atoms with Gasteiger partial charge in [0.05, 0.1) is 24.3 Å². The fourth-order valence-corrected chi connectivity index (χ4v) is 4.37. The number of fused-ring (bicyclic) bond motifs is 1. The van der Waals surface area contributed by atoms with Crippen molar-refractivity contribution in [2.45, 2.75) is 0 Å². The second-order valence-electron chi connectivity index (χ2n) is 4.82. The lowest BCUT2D eigenvalue weighted by molar-refractivity contribution is -0.144. The van der Waals surface area contributed by atoms with E-state index >= 15 is 0 Å². The van der Waals surface area contributed by atoms with Crippen molar-refractivity contribution in [1.82, 2.24) is 4.90 Å². The topological polar surface area (TPSA) is 72.9 Å². The second-order valence-corrected chi connectivity index (χ2v) is 7.09. The lowest BCUT2D eigenvalue weighted by Gasteiger charge is -2.19. The smallest absolute Gasteiger partial charge is 0.325 e. The summed E-state index contributed by atoms with van der Waals surface area (Å²) in [5, 5.41) is 1.31. The maximum atomic E-state index is 12.8. The molecule has 10 heteroatoms. The molecule has 0 N–H and O–H groups in total. The number of esters is 2. The van der Waals surface area contributed by atoms with Crippen molar-refractivity contribution in [3.63, 3.8) is 0 Å². The standard InChI is InChI=1S/C15H12Cl3NO5S/c1-23-10(20)5-19(6-11(21)24-2)15(22)14-13(18)12-8(17)3-7(16)4-9(12)25-14/h3-4H,5-6H2,1-2H3. The van der Waals surface area contributed by atoms with Crippen LogP contribution in [0.5, 0.6) is 0 Å². The molecule has 0 atom stereocenters. The molecule has 0 saturated heterocycles. The van der Waals surface area contributed by atoms with E-state index in [0.717, 1.165) is 16.2 Å². The highest BCUT2D eigenvalue weighted by Crippen LogP contribution is 2.41. The van der Waals surface area contributed by atoms with Gasteiger partial charge in [-0.15, -0.1) is 11.3 Å². The first kappa shape index (κ1) is 19.8. The van der Waals surface area contributed by atoms with Crippen LogP contribution in [0.1, 0.15) is 9.67 Å². The van der Waals surface area contributed by atoms with Gasteiger partial charge >= 0.3 is 11.9 Å². The van der Waals surface area contributed by atoms with Crippen LogP contribution in [0.25, 0.3) is 10.1 Å². The van der Waals surface area contributed by atoms with E-state index in [1.807, 2.05) is 0 Å². The Balaban J connectivity index is 2.45. The van der Waals surface area contributed by atoms with Gasteiger partial charge in [0.25, 0.3) is 5.91 Å². The first-order valence-electron chi connectivity index (χ1n) is 6.78. The summed E-state index contributed by atoms with van der Waals surface area (Å²) in [4.78, 5) is 37.0.